The van der Waals surface area contributed by atoms with Crippen molar-refractivity contribution >= 4 is 0 Å². The highest BCUT2D eigenvalue weighted by Crippen LogP contribution is 2.36. The van der Waals surface area contributed by atoms with Crippen LogP contribution in [0.5, 0.6) is 5.75 Å². The largest absolute Gasteiger partial charge is 0.497 e. The van der Waals surface area contributed by atoms with Gasteiger partial charge in [0.15, 0.2) is 5.82 Å². The van der Waals surface area contributed by atoms with Gasteiger partial charge in [-0.05, 0) is 65.2 Å². The van der Waals surface area contributed by atoms with Crippen LogP contribution in [0.3, 0.4) is 0 Å². The molecule has 2 aromatic carbocycles. The third-order valence-corrected chi connectivity index (χ3v) is 5.22. The van der Waals surface area contributed by atoms with E-state index in [4.69, 9.17) is 4.74 Å². The molecule has 1 saturated heterocycles. The molecule has 7 nitrogen and oxygen atoms in total. The van der Waals surface area contributed by atoms with Crippen LogP contribution >= 0.6 is 0 Å². The fourth-order valence-electron chi connectivity index (χ4n) is 3.80. The number of aliphatic hydroxyl groups excluding tert-OH is 1. The first kappa shape index (κ1) is 18.5. The summed E-state index contributed by atoms with van der Waals surface area (Å²) in [6.07, 6.45) is 1.64. The lowest BCUT2D eigenvalue weighted by Crippen LogP contribution is -2.34. The summed E-state index contributed by atoms with van der Waals surface area (Å²) in [7, 11) is 1.62. The molecule has 0 spiro atoms. The maximum atomic E-state index is 13.6. The Hall–Kier alpha value is -2.84. The van der Waals surface area contributed by atoms with Gasteiger partial charge in [0, 0.05) is 12.6 Å². The fraction of sp³-hybridized carbons (Fsp3) is 0.350. The van der Waals surface area contributed by atoms with Gasteiger partial charge in [0.1, 0.15) is 11.6 Å². The summed E-state index contributed by atoms with van der Waals surface area (Å²) >= 11 is 0. The third-order valence-electron chi connectivity index (χ3n) is 5.22. The maximum absolute atomic E-state index is 13.6. The lowest BCUT2D eigenvalue weighted by Gasteiger charge is -2.28. The SMILES string of the molecule is COc1ccc(-n2nnnc2[C@@H]2CC[C@@H](CO)N2Cc2cccc(F)c2)cc1. The molecule has 2 heterocycles. The van der Waals surface area contributed by atoms with Crippen molar-refractivity contribution in [3.8, 4) is 11.4 Å². The molecular formula is C20H22FN5O2. The lowest BCUT2D eigenvalue weighted by atomic mass is 10.1. The predicted molar refractivity (Wildman–Crippen MR) is 100 cm³/mol. The molecule has 0 radical (unpaired) electrons. The van der Waals surface area contributed by atoms with E-state index >= 15 is 0 Å². The number of rotatable bonds is 6. The number of halogens is 1. The number of hydrogen-bond donors (Lipinski definition) is 1. The van der Waals surface area contributed by atoms with Gasteiger partial charge in [0.05, 0.1) is 25.4 Å². The first-order valence-electron chi connectivity index (χ1n) is 9.23. The van der Waals surface area contributed by atoms with E-state index in [-0.39, 0.29) is 24.5 Å². The first-order chi connectivity index (χ1) is 13.7. The van der Waals surface area contributed by atoms with Gasteiger partial charge >= 0.3 is 0 Å². The van der Waals surface area contributed by atoms with Crippen molar-refractivity contribution in [3.05, 3.63) is 65.7 Å². The highest BCUT2D eigenvalue weighted by molar-refractivity contribution is 5.37. The van der Waals surface area contributed by atoms with Crippen LogP contribution in [0.25, 0.3) is 5.69 Å². The predicted octanol–water partition coefficient (Wildman–Crippen LogP) is 2.51. The molecule has 1 N–H and O–H groups in total. The Balaban J connectivity index is 1.64. The van der Waals surface area contributed by atoms with Gasteiger partial charge in [-0.2, -0.15) is 4.68 Å². The van der Waals surface area contributed by atoms with Gasteiger partial charge in [-0.1, -0.05) is 12.1 Å². The van der Waals surface area contributed by atoms with Crippen molar-refractivity contribution < 1.29 is 14.2 Å². The van der Waals surface area contributed by atoms with Crippen LogP contribution in [0.15, 0.2) is 48.5 Å². The number of aliphatic hydroxyl groups is 1. The quantitative estimate of drug-likeness (QED) is 0.705. The number of methoxy groups -OCH3 is 1. The zero-order valence-corrected chi connectivity index (χ0v) is 15.6. The zero-order valence-electron chi connectivity index (χ0n) is 15.6. The average Bonchev–Trinajstić information content (AvgIpc) is 3.34. The van der Waals surface area contributed by atoms with Crippen molar-refractivity contribution in [2.24, 2.45) is 0 Å². The lowest BCUT2D eigenvalue weighted by molar-refractivity contribution is 0.118. The van der Waals surface area contributed by atoms with Gasteiger partial charge in [0.2, 0.25) is 0 Å². The molecule has 0 bridgehead atoms. The Bertz CT molecular complexity index is 930. The zero-order chi connectivity index (χ0) is 19.5. The normalized spacial score (nSPS) is 19.8. The van der Waals surface area contributed by atoms with E-state index in [9.17, 15) is 9.50 Å². The minimum atomic E-state index is -0.267. The van der Waals surface area contributed by atoms with Crippen LogP contribution in [-0.2, 0) is 6.54 Å². The Morgan fingerprint density at radius 3 is 2.71 bits per heavy atom. The summed E-state index contributed by atoms with van der Waals surface area (Å²) < 4.78 is 20.5. The number of hydrogen-bond acceptors (Lipinski definition) is 6. The number of likely N-dealkylation sites (tertiary alicyclic amines) is 1. The van der Waals surface area contributed by atoms with E-state index in [1.165, 1.54) is 12.1 Å². The van der Waals surface area contributed by atoms with Crippen LogP contribution in [0.1, 0.15) is 30.3 Å². The van der Waals surface area contributed by atoms with Gasteiger partial charge in [-0.25, -0.2) is 4.39 Å². The van der Waals surface area contributed by atoms with E-state index in [0.717, 1.165) is 29.8 Å². The van der Waals surface area contributed by atoms with Crippen molar-refractivity contribution in [2.75, 3.05) is 13.7 Å². The maximum Gasteiger partial charge on any atom is 0.173 e. The number of nitrogens with zero attached hydrogens (tertiary/aromatic N) is 5. The molecule has 1 fully saturated rings. The number of tetrazole rings is 1. The Morgan fingerprint density at radius 2 is 2.00 bits per heavy atom. The van der Waals surface area contributed by atoms with Gasteiger partial charge in [-0.3, -0.25) is 4.90 Å². The molecule has 8 heteroatoms. The van der Waals surface area contributed by atoms with Crippen LogP contribution in [-0.4, -0.2) is 50.0 Å². The molecule has 1 aliphatic rings. The summed E-state index contributed by atoms with van der Waals surface area (Å²) in [5.41, 5.74) is 1.69. The van der Waals surface area contributed by atoms with Crippen LogP contribution in [0.2, 0.25) is 0 Å². The summed E-state index contributed by atoms with van der Waals surface area (Å²) in [5.74, 6) is 1.20. The van der Waals surface area contributed by atoms with Gasteiger partial charge in [-0.15, -0.1) is 5.10 Å². The molecular weight excluding hydrogens is 361 g/mol. The molecule has 0 unspecified atom stereocenters. The second kappa shape index (κ2) is 8.04. The highest BCUT2D eigenvalue weighted by Gasteiger charge is 2.37. The van der Waals surface area contributed by atoms with Crippen LogP contribution in [0.4, 0.5) is 4.39 Å². The number of aromatic nitrogens is 4. The van der Waals surface area contributed by atoms with E-state index in [2.05, 4.69) is 20.4 Å². The molecule has 0 saturated carbocycles. The van der Waals surface area contributed by atoms with Gasteiger partial charge in [0.25, 0.3) is 0 Å². The minimum Gasteiger partial charge on any atom is -0.497 e. The van der Waals surface area contributed by atoms with Crippen molar-refractivity contribution in [3.63, 3.8) is 0 Å². The molecule has 1 aromatic heterocycles. The molecule has 3 aromatic rings. The molecule has 4 rings (SSSR count). The molecule has 0 amide bonds. The molecule has 2 atom stereocenters. The molecule has 1 aliphatic heterocycles. The molecule has 0 aliphatic carbocycles. The van der Waals surface area contributed by atoms with Crippen molar-refractivity contribution in [2.45, 2.75) is 31.5 Å². The Morgan fingerprint density at radius 1 is 1.18 bits per heavy atom. The number of benzene rings is 2. The monoisotopic (exact) mass is 383 g/mol. The summed E-state index contributed by atoms with van der Waals surface area (Å²) in [6.45, 7) is 0.555. The van der Waals surface area contributed by atoms with E-state index in [0.29, 0.717) is 12.4 Å². The highest BCUT2D eigenvalue weighted by atomic mass is 19.1. The topological polar surface area (TPSA) is 76.3 Å². The van der Waals surface area contributed by atoms with Crippen molar-refractivity contribution in [1.82, 2.24) is 25.1 Å². The Kier molecular flexibility index (Phi) is 5.31. The molecule has 146 valence electrons. The third kappa shape index (κ3) is 3.61. The minimum absolute atomic E-state index is 0.0192. The average molecular weight is 383 g/mol. The Labute approximate surface area is 162 Å². The van der Waals surface area contributed by atoms with Crippen molar-refractivity contribution in [1.29, 1.82) is 0 Å². The van der Waals surface area contributed by atoms with Crippen LogP contribution in [0, 0.1) is 5.82 Å². The fourth-order valence-corrected chi connectivity index (χ4v) is 3.80. The first-order valence-corrected chi connectivity index (χ1v) is 9.23. The van der Waals surface area contributed by atoms with E-state index < -0.39 is 0 Å². The molecule has 28 heavy (non-hydrogen) atoms. The second-order valence-corrected chi connectivity index (χ2v) is 6.88. The summed E-state index contributed by atoms with van der Waals surface area (Å²) in [5, 5.41) is 22.1. The van der Waals surface area contributed by atoms with Crippen LogP contribution < -0.4 is 4.74 Å². The second-order valence-electron chi connectivity index (χ2n) is 6.88. The van der Waals surface area contributed by atoms with E-state index in [1.807, 2.05) is 30.3 Å². The summed E-state index contributed by atoms with van der Waals surface area (Å²) in [6, 6.07) is 14.0. The smallest absolute Gasteiger partial charge is 0.173 e. The standard InChI is InChI=1S/C20H22FN5O2/c1-28-18-8-5-16(6-9-18)26-20(22-23-24-26)19-10-7-17(13-27)25(19)12-14-3-2-4-15(21)11-14/h2-6,8-9,11,17,19,27H,7,10,12-13H2,1H3/t17-,19-/m0/s1. The summed E-state index contributed by atoms with van der Waals surface area (Å²) in [4.78, 5) is 2.15. The van der Waals surface area contributed by atoms with Gasteiger partial charge < -0.3 is 9.84 Å². The number of ether oxygens (including phenoxy) is 1. The van der Waals surface area contributed by atoms with E-state index in [1.54, 1.807) is 17.9 Å².